The molecular formula is C7H9Cl3F3N3. The molecule has 1 rings (SSSR count). The lowest BCUT2D eigenvalue weighted by Gasteiger charge is -2.36. The van der Waals surface area contributed by atoms with Gasteiger partial charge in [-0.1, -0.05) is 34.8 Å². The van der Waals surface area contributed by atoms with Gasteiger partial charge in [-0.3, -0.25) is 9.91 Å². The Balaban J connectivity index is 3.03. The highest BCUT2D eigenvalue weighted by molar-refractivity contribution is 6.67. The molecule has 0 amide bonds. The van der Waals surface area contributed by atoms with Crippen LogP contribution in [0.5, 0.6) is 0 Å². The van der Waals surface area contributed by atoms with Crippen LogP contribution in [0.15, 0.2) is 5.10 Å². The zero-order valence-electron chi connectivity index (χ0n) is 8.34. The zero-order chi connectivity index (χ0) is 12.7. The Morgan fingerprint density at radius 1 is 1.25 bits per heavy atom. The van der Waals surface area contributed by atoms with Crippen LogP contribution in [0.3, 0.4) is 0 Å². The average molecular weight is 299 g/mol. The van der Waals surface area contributed by atoms with Gasteiger partial charge in [0.2, 0.25) is 6.17 Å². The SMILES string of the molecule is CC(C)N1N=CN(C(Cl)(Cl)Cl)C1C(F)(F)F. The summed E-state index contributed by atoms with van der Waals surface area (Å²) in [6.45, 7) is 3.13. The van der Waals surface area contributed by atoms with Crippen molar-refractivity contribution in [3.05, 3.63) is 0 Å². The molecule has 9 heteroatoms. The molecule has 0 saturated carbocycles. The first kappa shape index (κ1) is 14.0. The summed E-state index contributed by atoms with van der Waals surface area (Å²) in [6.07, 6.45) is -5.74. The third-order valence-corrected chi connectivity index (χ3v) is 2.52. The van der Waals surface area contributed by atoms with Crippen LogP contribution in [0.1, 0.15) is 13.8 Å². The van der Waals surface area contributed by atoms with Gasteiger partial charge in [-0.25, -0.2) is 0 Å². The van der Waals surface area contributed by atoms with Crippen molar-refractivity contribution in [2.75, 3.05) is 0 Å². The van der Waals surface area contributed by atoms with Gasteiger partial charge in [0.15, 0.2) is 0 Å². The van der Waals surface area contributed by atoms with Gasteiger partial charge in [0.1, 0.15) is 6.34 Å². The number of hydrogen-bond donors (Lipinski definition) is 0. The van der Waals surface area contributed by atoms with Crippen molar-refractivity contribution < 1.29 is 13.2 Å². The first-order valence-electron chi connectivity index (χ1n) is 4.29. The molecule has 1 heterocycles. The molecule has 0 bridgehead atoms. The van der Waals surface area contributed by atoms with Gasteiger partial charge in [0.05, 0.1) is 0 Å². The Kier molecular flexibility index (Phi) is 3.77. The minimum absolute atomic E-state index is 0.458. The van der Waals surface area contributed by atoms with Crippen LogP contribution in [0.4, 0.5) is 13.2 Å². The maximum atomic E-state index is 12.8. The maximum Gasteiger partial charge on any atom is 0.429 e. The van der Waals surface area contributed by atoms with Crippen LogP contribution in [0.2, 0.25) is 0 Å². The lowest BCUT2D eigenvalue weighted by Crippen LogP contribution is -2.55. The number of rotatable bonds is 1. The molecule has 1 atom stereocenters. The molecule has 0 saturated heterocycles. The average Bonchev–Trinajstić information content (AvgIpc) is 2.43. The second kappa shape index (κ2) is 4.31. The Morgan fingerprint density at radius 2 is 1.75 bits per heavy atom. The summed E-state index contributed by atoms with van der Waals surface area (Å²) in [7, 11) is 0. The van der Waals surface area contributed by atoms with Crippen LogP contribution < -0.4 is 0 Å². The van der Waals surface area contributed by atoms with E-state index in [1.165, 1.54) is 0 Å². The molecule has 3 nitrogen and oxygen atoms in total. The zero-order valence-corrected chi connectivity index (χ0v) is 10.6. The summed E-state index contributed by atoms with van der Waals surface area (Å²) < 4.78 is 36.2. The number of halogens is 6. The van der Waals surface area contributed by atoms with E-state index in [0.717, 1.165) is 11.3 Å². The molecule has 0 fully saturated rings. The Bertz CT molecular complexity index is 287. The van der Waals surface area contributed by atoms with Gasteiger partial charge in [-0.2, -0.15) is 18.3 Å². The highest BCUT2D eigenvalue weighted by Crippen LogP contribution is 2.40. The van der Waals surface area contributed by atoms with Crippen molar-refractivity contribution in [3.63, 3.8) is 0 Å². The molecule has 94 valence electrons. The maximum absolute atomic E-state index is 12.8. The van der Waals surface area contributed by atoms with Gasteiger partial charge < -0.3 is 0 Å². The standard InChI is InChI=1S/C7H9Cl3F3N3/c1-4(2)16-5(6(11,12)13)15(3-14-16)7(8,9)10/h3-5H,1-2H3. The Morgan fingerprint density at radius 3 is 2.06 bits per heavy atom. The minimum Gasteiger partial charge on any atom is -0.286 e. The quantitative estimate of drug-likeness (QED) is 0.547. The first-order valence-corrected chi connectivity index (χ1v) is 5.43. The van der Waals surface area contributed by atoms with Gasteiger partial charge in [0.25, 0.3) is 3.92 Å². The second-order valence-electron chi connectivity index (χ2n) is 3.50. The van der Waals surface area contributed by atoms with E-state index < -0.39 is 22.3 Å². The summed E-state index contributed by atoms with van der Waals surface area (Å²) in [4.78, 5) is 0.539. The van der Waals surface area contributed by atoms with Crippen molar-refractivity contribution in [2.24, 2.45) is 5.10 Å². The minimum atomic E-state index is -4.56. The molecule has 0 radical (unpaired) electrons. The van der Waals surface area contributed by atoms with Crippen LogP contribution in [-0.2, 0) is 0 Å². The lowest BCUT2D eigenvalue weighted by atomic mass is 10.3. The van der Waals surface area contributed by atoms with Crippen LogP contribution in [-0.4, -0.2) is 38.5 Å². The third-order valence-electron chi connectivity index (χ3n) is 1.94. The van der Waals surface area contributed by atoms with E-state index >= 15 is 0 Å². The monoisotopic (exact) mass is 297 g/mol. The summed E-state index contributed by atoms with van der Waals surface area (Å²) in [5.74, 6) is 0. The van der Waals surface area contributed by atoms with Gasteiger partial charge in [-0.05, 0) is 13.8 Å². The summed E-state index contributed by atoms with van der Waals surface area (Å²) in [5.41, 5.74) is 0. The molecule has 0 aromatic carbocycles. The van der Waals surface area contributed by atoms with Gasteiger partial charge in [0, 0.05) is 6.04 Å². The second-order valence-corrected chi connectivity index (χ2v) is 5.72. The normalized spacial score (nSPS) is 22.4. The number of alkyl halides is 6. The molecule has 0 spiro atoms. The first-order chi connectivity index (χ1) is 7.05. The molecule has 0 N–H and O–H groups in total. The molecule has 16 heavy (non-hydrogen) atoms. The highest BCUT2D eigenvalue weighted by atomic mass is 35.6. The molecule has 0 aromatic rings. The smallest absolute Gasteiger partial charge is 0.286 e. The van der Waals surface area contributed by atoms with Crippen LogP contribution >= 0.6 is 34.8 Å². The Hall–Kier alpha value is -0.0700. The third kappa shape index (κ3) is 2.78. The number of hydrogen-bond acceptors (Lipinski definition) is 3. The van der Waals surface area contributed by atoms with E-state index in [1.807, 2.05) is 0 Å². The van der Waals surface area contributed by atoms with Crippen LogP contribution in [0, 0.1) is 0 Å². The molecule has 1 aliphatic rings. The van der Waals surface area contributed by atoms with E-state index in [-0.39, 0.29) is 0 Å². The van der Waals surface area contributed by atoms with Crippen molar-refractivity contribution in [2.45, 2.75) is 36.1 Å². The van der Waals surface area contributed by atoms with E-state index in [4.69, 9.17) is 34.8 Å². The van der Waals surface area contributed by atoms with Crippen LogP contribution in [0.25, 0.3) is 0 Å². The summed E-state index contributed by atoms with van der Waals surface area (Å²) in [5, 5.41) is 4.43. The Labute approximate surface area is 106 Å². The number of hydrazone groups is 1. The summed E-state index contributed by atoms with van der Waals surface area (Å²) >= 11 is 16.3. The molecule has 0 aromatic heterocycles. The fourth-order valence-electron chi connectivity index (χ4n) is 1.30. The number of nitrogens with zero attached hydrogens (tertiary/aromatic N) is 3. The largest absolute Gasteiger partial charge is 0.429 e. The predicted molar refractivity (Wildman–Crippen MR) is 57.4 cm³/mol. The molecule has 1 aliphatic heterocycles. The van der Waals surface area contributed by atoms with Gasteiger partial charge in [-0.15, -0.1) is 0 Å². The predicted octanol–water partition coefficient (Wildman–Crippen LogP) is 3.17. The lowest BCUT2D eigenvalue weighted by molar-refractivity contribution is -0.212. The fraction of sp³-hybridized carbons (Fsp3) is 0.857. The van der Waals surface area contributed by atoms with Gasteiger partial charge >= 0.3 is 6.18 Å². The van der Waals surface area contributed by atoms with Crippen molar-refractivity contribution in [1.82, 2.24) is 9.91 Å². The molecular weight excluding hydrogens is 289 g/mol. The highest BCUT2D eigenvalue weighted by Gasteiger charge is 2.55. The van der Waals surface area contributed by atoms with Crippen molar-refractivity contribution in [3.8, 4) is 0 Å². The van der Waals surface area contributed by atoms with E-state index in [9.17, 15) is 13.2 Å². The van der Waals surface area contributed by atoms with Crippen molar-refractivity contribution >= 4 is 41.1 Å². The summed E-state index contributed by atoms with van der Waals surface area (Å²) in [6, 6.07) is -0.458. The topological polar surface area (TPSA) is 18.8 Å². The fourth-order valence-corrected chi connectivity index (χ4v) is 1.70. The van der Waals surface area contributed by atoms with E-state index in [0.29, 0.717) is 4.90 Å². The molecule has 1 unspecified atom stereocenters. The van der Waals surface area contributed by atoms with Crippen molar-refractivity contribution in [1.29, 1.82) is 0 Å². The molecule has 0 aliphatic carbocycles. The van der Waals surface area contributed by atoms with E-state index in [2.05, 4.69) is 5.10 Å². The van der Waals surface area contributed by atoms with E-state index in [1.54, 1.807) is 13.8 Å².